The lowest BCUT2D eigenvalue weighted by atomic mass is 10.1. The summed E-state index contributed by atoms with van der Waals surface area (Å²) in [6.07, 6.45) is 18.3. The third kappa shape index (κ3) is 8.57. The van der Waals surface area contributed by atoms with Gasteiger partial charge in [0.05, 0.1) is 0 Å². The second kappa shape index (κ2) is 12.6. The molecule has 26 heavy (non-hydrogen) atoms. The van der Waals surface area contributed by atoms with Crippen molar-refractivity contribution in [2.75, 3.05) is 13.2 Å². The first-order chi connectivity index (χ1) is 12.8. The normalized spacial score (nSPS) is 11.0. The van der Waals surface area contributed by atoms with E-state index in [1.54, 1.807) is 0 Å². The Hall–Kier alpha value is -1.74. The largest absolute Gasteiger partial charge is 0.381 e. The van der Waals surface area contributed by atoms with E-state index in [9.17, 15) is 0 Å². The summed E-state index contributed by atoms with van der Waals surface area (Å²) in [5.74, 6) is 0. The maximum absolute atomic E-state index is 5.67. The summed E-state index contributed by atoms with van der Waals surface area (Å²) in [6, 6.07) is 8.97. The Morgan fingerprint density at radius 1 is 0.731 bits per heavy atom. The lowest BCUT2D eigenvalue weighted by Gasteiger charge is -2.03. The zero-order valence-electron chi connectivity index (χ0n) is 16.7. The molecule has 0 atom stereocenters. The van der Waals surface area contributed by atoms with Gasteiger partial charge < -0.3 is 4.74 Å². The minimum absolute atomic E-state index is 0.903. The van der Waals surface area contributed by atoms with Crippen molar-refractivity contribution in [1.29, 1.82) is 0 Å². The van der Waals surface area contributed by atoms with Crippen LogP contribution in [0.1, 0.15) is 56.6 Å². The number of unbranched alkanes of at least 4 members (excludes halogenated alkanes) is 3. The van der Waals surface area contributed by atoms with Gasteiger partial charge in [-0.25, -0.2) is 9.13 Å². The molecule has 2 aromatic heterocycles. The number of nitrogens with zero attached hydrogens (tertiary/aromatic N) is 2. The Kier molecular flexibility index (Phi) is 9.96. The molecule has 0 aliphatic rings. The molecule has 0 bridgehead atoms. The van der Waals surface area contributed by atoms with Gasteiger partial charge in [0.25, 0.3) is 0 Å². The first-order valence-electron chi connectivity index (χ1n) is 10.3. The monoisotopic (exact) mass is 356 g/mol. The van der Waals surface area contributed by atoms with Gasteiger partial charge >= 0.3 is 0 Å². The Labute approximate surface area is 159 Å². The first-order valence-corrected chi connectivity index (χ1v) is 10.3. The molecule has 0 aliphatic heterocycles. The smallest absolute Gasteiger partial charge is 0.169 e. The van der Waals surface area contributed by atoms with Crippen LogP contribution < -0.4 is 9.13 Å². The van der Waals surface area contributed by atoms with Gasteiger partial charge in [0.1, 0.15) is 13.6 Å². The maximum Gasteiger partial charge on any atom is 0.169 e. The van der Waals surface area contributed by atoms with Crippen LogP contribution in [0.2, 0.25) is 0 Å². The van der Waals surface area contributed by atoms with Crippen molar-refractivity contribution in [1.82, 2.24) is 0 Å². The van der Waals surface area contributed by atoms with Gasteiger partial charge in [0.15, 0.2) is 24.8 Å². The number of aryl methyl sites for hydroxylation is 4. The van der Waals surface area contributed by atoms with Crippen LogP contribution >= 0.6 is 0 Å². The number of pyridine rings is 2. The van der Waals surface area contributed by atoms with E-state index in [4.69, 9.17) is 4.74 Å². The topological polar surface area (TPSA) is 17.0 Å². The number of ether oxygens (including phenoxy) is 1. The Morgan fingerprint density at radius 2 is 1.31 bits per heavy atom. The Balaban J connectivity index is 1.56. The molecule has 142 valence electrons. The van der Waals surface area contributed by atoms with Crippen molar-refractivity contribution < 1.29 is 13.9 Å². The van der Waals surface area contributed by atoms with Crippen LogP contribution in [0.4, 0.5) is 0 Å². The van der Waals surface area contributed by atoms with Crippen LogP contribution in [-0.2, 0) is 31.2 Å². The Morgan fingerprint density at radius 3 is 1.92 bits per heavy atom. The molecule has 0 saturated heterocycles. The summed E-state index contributed by atoms with van der Waals surface area (Å²) >= 11 is 0. The lowest BCUT2D eigenvalue weighted by molar-refractivity contribution is -0.697. The minimum atomic E-state index is 0.903. The van der Waals surface area contributed by atoms with Gasteiger partial charge in [0.2, 0.25) is 0 Å². The highest BCUT2D eigenvalue weighted by Crippen LogP contribution is 2.06. The van der Waals surface area contributed by atoms with E-state index in [1.165, 1.54) is 43.2 Å². The summed E-state index contributed by atoms with van der Waals surface area (Å²) in [6.45, 7) is 5.14. The molecule has 3 heteroatoms. The summed E-state index contributed by atoms with van der Waals surface area (Å²) in [4.78, 5) is 0. The molecule has 3 nitrogen and oxygen atoms in total. The predicted octanol–water partition coefficient (Wildman–Crippen LogP) is 3.96. The van der Waals surface area contributed by atoms with Gasteiger partial charge in [-0.1, -0.05) is 19.8 Å². The summed E-state index contributed by atoms with van der Waals surface area (Å²) in [5.41, 5.74) is 2.85. The number of hydrogen-bond donors (Lipinski definition) is 0. The zero-order chi connectivity index (χ0) is 18.5. The molecule has 0 aliphatic carbocycles. The summed E-state index contributed by atoms with van der Waals surface area (Å²) in [5, 5.41) is 0. The van der Waals surface area contributed by atoms with Crippen molar-refractivity contribution in [2.45, 2.75) is 64.8 Å². The fraction of sp³-hybridized carbons (Fsp3) is 0.565. The van der Waals surface area contributed by atoms with Crippen LogP contribution in [0, 0.1) is 0 Å². The van der Waals surface area contributed by atoms with Crippen LogP contribution in [0.25, 0.3) is 0 Å². The van der Waals surface area contributed by atoms with Crippen molar-refractivity contribution in [3.05, 3.63) is 60.2 Å². The van der Waals surface area contributed by atoms with E-state index in [2.05, 4.69) is 72.2 Å². The number of aromatic nitrogens is 2. The second-order valence-corrected chi connectivity index (χ2v) is 7.20. The summed E-state index contributed by atoms with van der Waals surface area (Å²) in [7, 11) is 2.06. The van der Waals surface area contributed by atoms with E-state index >= 15 is 0 Å². The number of hydrogen-bond acceptors (Lipinski definition) is 1. The van der Waals surface area contributed by atoms with E-state index in [0.29, 0.717) is 0 Å². The van der Waals surface area contributed by atoms with Crippen molar-refractivity contribution in [3.63, 3.8) is 0 Å². The lowest BCUT2D eigenvalue weighted by Crippen LogP contribution is -2.32. The SMILES string of the molecule is CCCCCOCCCC[n+]1ccc(CCCc2cc[n+](C)cc2)cc1. The molecule has 0 unspecified atom stereocenters. The molecule has 2 aromatic rings. The van der Waals surface area contributed by atoms with Crippen LogP contribution in [0.3, 0.4) is 0 Å². The maximum atomic E-state index is 5.67. The van der Waals surface area contributed by atoms with Gasteiger partial charge in [-0.15, -0.1) is 0 Å². The Bertz CT molecular complexity index is 593. The molecule has 0 saturated carbocycles. The third-order valence-corrected chi connectivity index (χ3v) is 4.79. The van der Waals surface area contributed by atoms with Gasteiger partial charge in [0, 0.05) is 43.9 Å². The van der Waals surface area contributed by atoms with Gasteiger partial charge in [-0.2, -0.15) is 0 Å². The fourth-order valence-electron chi connectivity index (χ4n) is 3.05. The van der Waals surface area contributed by atoms with Crippen molar-refractivity contribution >= 4 is 0 Å². The average Bonchev–Trinajstić information content (AvgIpc) is 2.67. The van der Waals surface area contributed by atoms with Crippen LogP contribution in [0.15, 0.2) is 49.1 Å². The highest BCUT2D eigenvalue weighted by atomic mass is 16.5. The van der Waals surface area contributed by atoms with Gasteiger partial charge in [-0.05, 0) is 43.2 Å². The highest BCUT2D eigenvalue weighted by Gasteiger charge is 2.02. The average molecular weight is 357 g/mol. The van der Waals surface area contributed by atoms with E-state index in [1.807, 2.05) is 0 Å². The molecule has 0 amide bonds. The van der Waals surface area contributed by atoms with Crippen LogP contribution in [-0.4, -0.2) is 13.2 Å². The van der Waals surface area contributed by atoms with E-state index < -0.39 is 0 Å². The molecule has 2 heterocycles. The van der Waals surface area contributed by atoms with E-state index in [0.717, 1.165) is 39.0 Å². The number of rotatable bonds is 13. The summed E-state index contributed by atoms with van der Waals surface area (Å²) < 4.78 is 10.0. The minimum Gasteiger partial charge on any atom is -0.381 e. The van der Waals surface area contributed by atoms with Crippen molar-refractivity contribution in [3.8, 4) is 0 Å². The van der Waals surface area contributed by atoms with E-state index in [-0.39, 0.29) is 0 Å². The highest BCUT2D eigenvalue weighted by molar-refractivity contribution is 5.10. The quantitative estimate of drug-likeness (QED) is 0.392. The molecule has 2 rings (SSSR count). The molecule has 0 spiro atoms. The first kappa shape index (κ1) is 20.6. The molecule has 0 fully saturated rings. The fourth-order valence-corrected chi connectivity index (χ4v) is 3.05. The molecular weight excluding hydrogens is 320 g/mol. The van der Waals surface area contributed by atoms with Crippen molar-refractivity contribution in [2.24, 2.45) is 7.05 Å². The second-order valence-electron chi connectivity index (χ2n) is 7.20. The molecule has 0 aromatic carbocycles. The molecular formula is C23H36N2O+2. The van der Waals surface area contributed by atoms with Crippen LogP contribution in [0.5, 0.6) is 0 Å². The zero-order valence-corrected chi connectivity index (χ0v) is 16.7. The van der Waals surface area contributed by atoms with Gasteiger partial charge in [-0.3, -0.25) is 0 Å². The standard InChI is InChI=1S/C23H36N2O/c1-3-4-6-20-26-21-7-5-15-25-18-13-23(14-19-25)10-8-9-22-11-16-24(2)17-12-22/h11-14,16-19H,3-10,15,20-21H2,1-2H3/q+2. The third-order valence-electron chi connectivity index (χ3n) is 4.79. The molecule has 0 radical (unpaired) electrons. The predicted molar refractivity (Wildman–Crippen MR) is 106 cm³/mol. The molecule has 0 N–H and O–H groups in total.